The van der Waals surface area contributed by atoms with Crippen LogP contribution in [0.25, 0.3) is 33.2 Å². The Morgan fingerprint density at radius 2 is 1.44 bits per heavy atom. The summed E-state index contributed by atoms with van der Waals surface area (Å²) in [6.45, 7) is 10.4. The molecule has 2 aromatic heterocycles. The van der Waals surface area contributed by atoms with E-state index in [0.717, 1.165) is 90.7 Å². The molecule has 1 spiro atoms. The first-order valence-electron chi connectivity index (χ1n) is 22.5. The highest BCUT2D eigenvalue weighted by Crippen LogP contribution is 2.58. The van der Waals surface area contributed by atoms with E-state index in [2.05, 4.69) is 69.2 Å². The van der Waals surface area contributed by atoms with E-state index in [9.17, 15) is 19.2 Å². The molecule has 2 saturated heterocycles. The molecule has 4 amide bonds. The fraction of sp³-hybridized carbons (Fsp3) is 0.510. The Hall–Kier alpha value is -5.92. The van der Waals surface area contributed by atoms with Crippen LogP contribution in [-0.2, 0) is 19.1 Å². The van der Waals surface area contributed by atoms with Crippen LogP contribution in [0.5, 0.6) is 0 Å². The number of imidazole rings is 2. The van der Waals surface area contributed by atoms with Crippen molar-refractivity contribution < 1.29 is 28.7 Å². The average molecular weight is 857 g/mol. The Balaban J connectivity index is 0.892. The molecule has 4 aromatic rings. The number of fused-ring (bicyclic) bond motifs is 3. The number of alkyl carbamates (subject to hydrolysis) is 2. The van der Waals surface area contributed by atoms with Crippen molar-refractivity contribution >= 4 is 45.9 Å². The molecular formula is C49H60N8O6. The van der Waals surface area contributed by atoms with Gasteiger partial charge in [0, 0.05) is 18.2 Å². The van der Waals surface area contributed by atoms with Gasteiger partial charge in [0.1, 0.15) is 23.7 Å². The molecule has 3 aliphatic carbocycles. The van der Waals surface area contributed by atoms with Gasteiger partial charge in [0.15, 0.2) is 0 Å². The summed E-state index contributed by atoms with van der Waals surface area (Å²) in [6.07, 6.45) is 14.6. The van der Waals surface area contributed by atoms with Crippen LogP contribution in [0.2, 0.25) is 0 Å². The number of hydrogen-bond acceptors (Lipinski definition) is 8. The number of likely N-dealkylation sites (tertiary alicyclic amines) is 2. The van der Waals surface area contributed by atoms with Gasteiger partial charge in [-0.05, 0) is 114 Å². The van der Waals surface area contributed by atoms with Crippen molar-refractivity contribution in [3.05, 3.63) is 83.9 Å². The van der Waals surface area contributed by atoms with E-state index >= 15 is 0 Å². The van der Waals surface area contributed by atoms with Gasteiger partial charge in [0.2, 0.25) is 11.8 Å². The van der Waals surface area contributed by atoms with Crippen LogP contribution in [0.3, 0.4) is 0 Å². The lowest BCUT2D eigenvalue weighted by molar-refractivity contribution is -0.141. The molecule has 63 heavy (non-hydrogen) atoms. The van der Waals surface area contributed by atoms with Crippen LogP contribution < -0.4 is 10.6 Å². The number of benzene rings is 2. The molecule has 4 fully saturated rings. The minimum atomic E-state index is -0.723. The second kappa shape index (κ2) is 16.3. The van der Waals surface area contributed by atoms with Gasteiger partial charge in [0.05, 0.1) is 50.1 Å². The summed E-state index contributed by atoms with van der Waals surface area (Å²) in [4.78, 5) is 73.3. The molecule has 5 aliphatic rings. The van der Waals surface area contributed by atoms with E-state index < -0.39 is 29.7 Å². The number of ether oxygens (including phenoxy) is 2. The van der Waals surface area contributed by atoms with E-state index in [0.29, 0.717) is 12.5 Å². The van der Waals surface area contributed by atoms with E-state index in [4.69, 9.17) is 19.4 Å². The molecular weight excluding hydrogens is 797 g/mol. The number of nitrogens with zero attached hydrogens (tertiary/aromatic N) is 4. The summed E-state index contributed by atoms with van der Waals surface area (Å²) in [7, 11) is 2.63. The average Bonchev–Trinajstić information content (AvgIpc) is 3.91. The third-order valence-corrected chi connectivity index (χ3v) is 14.3. The number of methoxy groups -OCH3 is 2. The summed E-state index contributed by atoms with van der Waals surface area (Å²) < 4.78 is 9.71. The number of allylic oxidation sites excluding steroid dienone is 4. The minimum Gasteiger partial charge on any atom is -0.453 e. The van der Waals surface area contributed by atoms with Crippen LogP contribution >= 0.6 is 0 Å². The number of amides is 4. The maximum Gasteiger partial charge on any atom is 0.407 e. The van der Waals surface area contributed by atoms with E-state index in [1.165, 1.54) is 30.9 Å². The molecule has 332 valence electrons. The molecule has 6 unspecified atom stereocenters. The predicted octanol–water partition coefficient (Wildman–Crippen LogP) is 8.47. The zero-order chi connectivity index (χ0) is 44.4. The van der Waals surface area contributed by atoms with E-state index in [-0.39, 0.29) is 41.3 Å². The molecule has 2 aliphatic heterocycles. The van der Waals surface area contributed by atoms with E-state index in [1.807, 2.05) is 56.8 Å². The van der Waals surface area contributed by atoms with Gasteiger partial charge in [-0.3, -0.25) is 9.59 Å². The highest BCUT2D eigenvalue weighted by molar-refractivity contribution is 5.91. The van der Waals surface area contributed by atoms with Gasteiger partial charge in [-0.25, -0.2) is 19.6 Å². The zero-order valence-electron chi connectivity index (χ0n) is 37.4. The van der Waals surface area contributed by atoms with Gasteiger partial charge in [-0.1, -0.05) is 71.0 Å². The lowest BCUT2D eigenvalue weighted by atomic mass is 9.85. The molecule has 6 atom stereocenters. The number of aromatic amines is 2. The monoisotopic (exact) mass is 856 g/mol. The summed E-state index contributed by atoms with van der Waals surface area (Å²) in [5.74, 6) is 1.60. The Labute approximate surface area is 368 Å². The third-order valence-electron chi connectivity index (χ3n) is 14.3. The molecule has 14 nitrogen and oxygen atoms in total. The van der Waals surface area contributed by atoms with Crippen molar-refractivity contribution in [2.24, 2.45) is 22.7 Å². The van der Waals surface area contributed by atoms with Crippen LogP contribution in [0.1, 0.15) is 121 Å². The van der Waals surface area contributed by atoms with Crippen LogP contribution in [-0.4, -0.2) is 92.6 Å². The van der Waals surface area contributed by atoms with Gasteiger partial charge < -0.3 is 39.9 Å². The molecule has 4 N–H and O–H groups in total. The number of nitrogens with one attached hydrogen (secondary N) is 4. The number of H-pyrrole nitrogens is 2. The summed E-state index contributed by atoms with van der Waals surface area (Å²) >= 11 is 0. The second-order valence-electron chi connectivity index (χ2n) is 19.9. The smallest absolute Gasteiger partial charge is 0.407 e. The van der Waals surface area contributed by atoms with Crippen molar-refractivity contribution in [3.63, 3.8) is 0 Å². The zero-order valence-corrected chi connectivity index (χ0v) is 37.4. The topological polar surface area (TPSA) is 175 Å². The van der Waals surface area contributed by atoms with Gasteiger partial charge in [0.25, 0.3) is 0 Å². The molecule has 2 aromatic carbocycles. The lowest BCUT2D eigenvalue weighted by Gasteiger charge is -2.40. The van der Waals surface area contributed by atoms with Crippen molar-refractivity contribution in [2.75, 3.05) is 20.8 Å². The largest absolute Gasteiger partial charge is 0.453 e. The molecule has 0 radical (unpaired) electrons. The summed E-state index contributed by atoms with van der Waals surface area (Å²) in [5, 5.41) is 7.84. The Kier molecular flexibility index (Phi) is 11.0. The van der Waals surface area contributed by atoms with Crippen molar-refractivity contribution in [1.29, 1.82) is 0 Å². The third kappa shape index (κ3) is 8.12. The maximum absolute atomic E-state index is 14.2. The normalized spacial score (nSPS) is 23.4. The van der Waals surface area contributed by atoms with Gasteiger partial charge in [-0.2, -0.15) is 0 Å². The van der Waals surface area contributed by atoms with Crippen LogP contribution in [0.4, 0.5) is 9.59 Å². The first kappa shape index (κ1) is 42.4. The number of rotatable bonds is 10. The first-order chi connectivity index (χ1) is 30.1. The molecule has 4 heterocycles. The molecule has 9 rings (SSSR count). The maximum atomic E-state index is 14.2. The van der Waals surface area contributed by atoms with Crippen molar-refractivity contribution in [2.45, 2.75) is 116 Å². The number of aromatic nitrogens is 4. The van der Waals surface area contributed by atoms with Crippen LogP contribution in [0, 0.1) is 22.7 Å². The highest BCUT2D eigenvalue weighted by atomic mass is 16.5. The fourth-order valence-corrected chi connectivity index (χ4v) is 10.6. The fourth-order valence-electron chi connectivity index (χ4n) is 10.6. The first-order valence-corrected chi connectivity index (χ1v) is 22.5. The Morgan fingerprint density at radius 3 is 2.11 bits per heavy atom. The second-order valence-corrected chi connectivity index (χ2v) is 19.9. The van der Waals surface area contributed by atoms with Gasteiger partial charge >= 0.3 is 12.2 Å². The predicted molar refractivity (Wildman–Crippen MR) is 240 cm³/mol. The number of carbonyl (C=O) groups excluding carboxylic acids is 4. The minimum absolute atomic E-state index is 0.0883. The standard InChI is InChI=1S/C49H60N8O6/c1-27(2)39(54-46(60)62-6)44(58)56-26-49(18-19-49)23-38(56)42-50-25-37(52-42)33-15-14-31-20-30(12-13-32(31)21-33)28-8-10-29(11-9-28)36-24-51-43(53-36)40-34-16-17-35(22-34)57(40)45(59)41(48(3,4)5)55-47(61)63-7/h8,10,12-15,20-21,24-25,27,34-35,38-41H,9,11,16-19,22-23,26H2,1-7H3,(H,50,52)(H,51,53)(H,54,60)(H,55,61). The van der Waals surface area contributed by atoms with E-state index in [1.54, 1.807) is 0 Å². The summed E-state index contributed by atoms with van der Waals surface area (Å²) in [5.41, 5.74) is 6.14. The lowest BCUT2D eigenvalue weighted by Crippen LogP contribution is -2.56. The van der Waals surface area contributed by atoms with Crippen molar-refractivity contribution in [1.82, 2.24) is 40.4 Å². The number of carbonyl (C=O) groups is 4. The quantitative estimate of drug-likeness (QED) is 0.123. The molecule has 2 bridgehead atoms. The molecule has 14 heteroatoms. The SMILES string of the molecule is COC(=O)NC(C(=O)N1CC2(CC2)CC1c1ncc(-c2ccc3cc(C4=CC=C(c5cnc(C6C7CCC(C7)N6C(=O)C(NC(=O)OC)C(C)(C)C)[nH]5)CC4)ccc3c2)[nH]1)C(C)C. The Bertz CT molecular complexity index is 2510. The molecule has 2 saturated carbocycles. The number of piperidine rings is 1. The van der Waals surface area contributed by atoms with Crippen molar-refractivity contribution in [3.8, 4) is 11.3 Å². The number of hydrogen-bond donors (Lipinski definition) is 4. The Morgan fingerprint density at radius 1 is 0.810 bits per heavy atom. The summed E-state index contributed by atoms with van der Waals surface area (Å²) in [6, 6.07) is 11.4. The van der Waals surface area contributed by atoms with Crippen LogP contribution in [0.15, 0.2) is 60.9 Å². The van der Waals surface area contributed by atoms with Gasteiger partial charge in [-0.15, -0.1) is 0 Å². The highest BCUT2D eigenvalue weighted by Gasteiger charge is 2.55.